The Morgan fingerprint density at radius 3 is 2.90 bits per heavy atom. The first-order chi connectivity index (χ1) is 4.70. The summed E-state index contributed by atoms with van der Waals surface area (Å²) in [6, 6.07) is 0. The minimum Gasteiger partial charge on any atom is -0.379 e. The van der Waals surface area contributed by atoms with Gasteiger partial charge in [-0.2, -0.15) is 0 Å². The van der Waals surface area contributed by atoms with Crippen LogP contribution in [0.2, 0.25) is 0 Å². The smallest absolute Gasteiger partial charge is 0.104 e. The second-order valence-corrected chi connectivity index (χ2v) is 3.91. The summed E-state index contributed by atoms with van der Waals surface area (Å²) >= 11 is 2.34. The molecule has 0 saturated carbocycles. The third-order valence-corrected chi connectivity index (χ3v) is 2.69. The van der Waals surface area contributed by atoms with Crippen molar-refractivity contribution in [2.75, 3.05) is 13.1 Å². The quantitative estimate of drug-likeness (QED) is 0.713. The van der Waals surface area contributed by atoms with Gasteiger partial charge in [-0.05, 0) is 39.5 Å². The maximum atomic E-state index is 9.16. The molecule has 0 aliphatic carbocycles. The molecular formula is C7H12INO. The maximum Gasteiger partial charge on any atom is 0.104 e. The Balaban J connectivity index is 2.42. The van der Waals surface area contributed by atoms with Gasteiger partial charge in [0.05, 0.1) is 0 Å². The molecule has 1 unspecified atom stereocenters. The van der Waals surface area contributed by atoms with Gasteiger partial charge in [-0.3, -0.25) is 4.90 Å². The molecule has 0 saturated heterocycles. The van der Waals surface area contributed by atoms with E-state index < -0.39 is 0 Å². The van der Waals surface area contributed by atoms with Gasteiger partial charge in [0.1, 0.15) is 6.23 Å². The molecule has 0 spiro atoms. The van der Waals surface area contributed by atoms with E-state index in [-0.39, 0.29) is 6.23 Å². The van der Waals surface area contributed by atoms with Crippen molar-refractivity contribution in [2.24, 2.45) is 0 Å². The Bertz CT molecular complexity index is 145. The third kappa shape index (κ3) is 2.21. The highest BCUT2D eigenvalue weighted by molar-refractivity contribution is 14.1. The van der Waals surface area contributed by atoms with Gasteiger partial charge in [0, 0.05) is 13.1 Å². The van der Waals surface area contributed by atoms with Gasteiger partial charge in [-0.25, -0.2) is 0 Å². The molecule has 0 amide bonds. The van der Waals surface area contributed by atoms with Crippen LogP contribution in [0.25, 0.3) is 0 Å². The van der Waals surface area contributed by atoms with E-state index in [9.17, 15) is 0 Å². The van der Waals surface area contributed by atoms with Gasteiger partial charge in [0.25, 0.3) is 0 Å². The van der Waals surface area contributed by atoms with E-state index >= 15 is 0 Å². The number of rotatable bonds is 1. The lowest BCUT2D eigenvalue weighted by atomic mass is 10.2. The summed E-state index contributed by atoms with van der Waals surface area (Å²) in [6.45, 7) is 3.70. The van der Waals surface area contributed by atoms with Crippen molar-refractivity contribution in [1.82, 2.24) is 4.90 Å². The van der Waals surface area contributed by atoms with E-state index in [2.05, 4.69) is 28.7 Å². The molecule has 3 heteroatoms. The van der Waals surface area contributed by atoms with Crippen molar-refractivity contribution in [1.29, 1.82) is 0 Å². The van der Waals surface area contributed by atoms with Crippen LogP contribution in [-0.4, -0.2) is 29.3 Å². The average Bonchev–Trinajstić information content (AvgIpc) is 1.88. The number of nitrogens with zero attached hydrogens (tertiary/aromatic N) is 1. The summed E-state index contributed by atoms with van der Waals surface area (Å²) < 4.78 is 1.41. The van der Waals surface area contributed by atoms with Crippen molar-refractivity contribution in [3.63, 3.8) is 0 Å². The van der Waals surface area contributed by atoms with Crippen LogP contribution in [0.5, 0.6) is 0 Å². The second-order valence-electron chi connectivity index (χ2n) is 2.53. The van der Waals surface area contributed by atoms with Crippen molar-refractivity contribution in [3.05, 3.63) is 9.66 Å². The highest BCUT2D eigenvalue weighted by Crippen LogP contribution is 2.17. The molecule has 1 atom stereocenters. The van der Waals surface area contributed by atoms with Crippen molar-refractivity contribution in [3.8, 4) is 0 Å². The van der Waals surface area contributed by atoms with Gasteiger partial charge < -0.3 is 5.11 Å². The van der Waals surface area contributed by atoms with Crippen LogP contribution in [0.15, 0.2) is 9.66 Å². The van der Waals surface area contributed by atoms with Crippen molar-refractivity contribution >= 4 is 22.6 Å². The molecule has 0 radical (unpaired) electrons. The lowest BCUT2D eigenvalue weighted by molar-refractivity contribution is 0.0257. The fourth-order valence-corrected chi connectivity index (χ4v) is 1.44. The van der Waals surface area contributed by atoms with Gasteiger partial charge in [-0.1, -0.05) is 6.08 Å². The molecule has 1 aliphatic rings. The predicted molar refractivity (Wildman–Crippen MR) is 50.0 cm³/mol. The first-order valence-electron chi connectivity index (χ1n) is 3.47. The van der Waals surface area contributed by atoms with Gasteiger partial charge in [0.15, 0.2) is 0 Å². The summed E-state index contributed by atoms with van der Waals surface area (Å²) in [5.74, 6) is 0. The summed E-state index contributed by atoms with van der Waals surface area (Å²) in [5, 5.41) is 9.16. The van der Waals surface area contributed by atoms with Crippen LogP contribution in [0, 0.1) is 0 Å². The van der Waals surface area contributed by atoms with E-state index in [0.29, 0.717) is 0 Å². The standard InChI is InChI=1S/C7H12INO/c1-6(10)9-4-2-7(8)3-5-9/h2,6,10H,3-5H2,1H3. The van der Waals surface area contributed by atoms with E-state index in [0.717, 1.165) is 19.5 Å². The van der Waals surface area contributed by atoms with Crippen molar-refractivity contribution < 1.29 is 5.11 Å². The predicted octanol–water partition coefficient (Wildman–Crippen LogP) is 1.35. The number of aliphatic hydroxyl groups excluding tert-OH is 1. The van der Waals surface area contributed by atoms with Gasteiger partial charge >= 0.3 is 0 Å². The molecule has 2 nitrogen and oxygen atoms in total. The third-order valence-electron chi connectivity index (χ3n) is 1.71. The second kappa shape index (κ2) is 3.69. The molecule has 1 N–H and O–H groups in total. The summed E-state index contributed by atoms with van der Waals surface area (Å²) in [6.07, 6.45) is 2.96. The summed E-state index contributed by atoms with van der Waals surface area (Å²) in [4.78, 5) is 2.04. The minimum atomic E-state index is -0.291. The van der Waals surface area contributed by atoms with E-state index in [1.54, 1.807) is 0 Å². The average molecular weight is 253 g/mol. The maximum absolute atomic E-state index is 9.16. The molecule has 0 bridgehead atoms. The molecule has 1 aliphatic heterocycles. The van der Waals surface area contributed by atoms with Crippen molar-refractivity contribution in [2.45, 2.75) is 19.6 Å². The Labute approximate surface area is 75.0 Å². The van der Waals surface area contributed by atoms with E-state index in [4.69, 9.17) is 5.11 Å². The Hall–Kier alpha value is 0.390. The highest BCUT2D eigenvalue weighted by Gasteiger charge is 2.12. The largest absolute Gasteiger partial charge is 0.379 e. The summed E-state index contributed by atoms with van der Waals surface area (Å²) in [5.41, 5.74) is 0. The topological polar surface area (TPSA) is 23.5 Å². The molecular weight excluding hydrogens is 241 g/mol. The van der Waals surface area contributed by atoms with Crippen LogP contribution in [0.3, 0.4) is 0 Å². The zero-order valence-electron chi connectivity index (χ0n) is 6.05. The summed E-state index contributed by atoms with van der Waals surface area (Å²) in [7, 11) is 0. The zero-order chi connectivity index (χ0) is 7.56. The monoisotopic (exact) mass is 253 g/mol. The Morgan fingerprint density at radius 2 is 2.50 bits per heavy atom. The van der Waals surface area contributed by atoms with Crippen LogP contribution in [-0.2, 0) is 0 Å². The minimum absolute atomic E-state index is 0.291. The molecule has 0 aromatic carbocycles. The number of halogens is 1. The fourth-order valence-electron chi connectivity index (χ4n) is 0.999. The molecule has 0 aromatic rings. The Morgan fingerprint density at radius 1 is 1.80 bits per heavy atom. The van der Waals surface area contributed by atoms with Crippen LogP contribution in [0.1, 0.15) is 13.3 Å². The lowest BCUT2D eigenvalue weighted by Gasteiger charge is -2.26. The van der Waals surface area contributed by atoms with E-state index in [1.807, 2.05) is 11.8 Å². The van der Waals surface area contributed by atoms with Crippen LogP contribution in [0.4, 0.5) is 0 Å². The highest BCUT2D eigenvalue weighted by atomic mass is 127. The molecule has 1 rings (SSSR count). The van der Waals surface area contributed by atoms with Crippen LogP contribution < -0.4 is 0 Å². The molecule has 0 fully saturated rings. The molecule has 58 valence electrons. The molecule has 0 aromatic heterocycles. The number of hydrogen-bond acceptors (Lipinski definition) is 2. The first-order valence-corrected chi connectivity index (χ1v) is 4.54. The molecule has 10 heavy (non-hydrogen) atoms. The normalized spacial score (nSPS) is 24.1. The number of hydrogen-bond donors (Lipinski definition) is 1. The lowest BCUT2D eigenvalue weighted by Crippen LogP contribution is -2.35. The van der Waals surface area contributed by atoms with Gasteiger partial charge in [0.2, 0.25) is 0 Å². The fraction of sp³-hybridized carbons (Fsp3) is 0.714. The van der Waals surface area contributed by atoms with Gasteiger partial charge in [-0.15, -0.1) is 0 Å². The SMILES string of the molecule is CC(O)N1CC=C(I)CC1. The zero-order valence-corrected chi connectivity index (χ0v) is 8.21. The number of aliphatic hydroxyl groups is 1. The first kappa shape index (κ1) is 8.49. The molecule has 1 heterocycles. The van der Waals surface area contributed by atoms with E-state index in [1.165, 1.54) is 3.58 Å². The Kier molecular flexibility index (Phi) is 3.13. The van der Waals surface area contributed by atoms with Crippen LogP contribution >= 0.6 is 22.6 Å².